The summed E-state index contributed by atoms with van der Waals surface area (Å²) in [7, 11) is 0. The van der Waals surface area contributed by atoms with E-state index in [1.54, 1.807) is 18.5 Å². The fourth-order valence-corrected chi connectivity index (χ4v) is 3.84. The van der Waals surface area contributed by atoms with Crippen LogP contribution in [0.1, 0.15) is 23.2 Å². The standard InChI is InChI=1S/C23H22ClF2N5O3/c24-23(25,26)34-19-3-1-18(2-4-19)30-22(33)16-9-20(17-10-27-14-28-11-17)21(29-12-16)31-7-5-15(13-32)6-8-31/h1-4,9-12,14-15,32H,5-8,13H2,(H,30,33). The molecule has 1 amide bonds. The van der Waals surface area contributed by atoms with E-state index in [1.165, 1.54) is 36.8 Å². The van der Waals surface area contributed by atoms with Crippen LogP contribution >= 0.6 is 11.6 Å². The lowest BCUT2D eigenvalue weighted by molar-refractivity contribution is -0.0964. The minimum atomic E-state index is -3.82. The molecule has 1 aromatic carbocycles. The van der Waals surface area contributed by atoms with E-state index >= 15 is 0 Å². The number of nitrogens with zero attached hydrogens (tertiary/aromatic N) is 4. The van der Waals surface area contributed by atoms with E-state index < -0.39 is 11.5 Å². The molecule has 1 aliphatic heterocycles. The maximum Gasteiger partial charge on any atom is 0.487 e. The molecule has 34 heavy (non-hydrogen) atoms. The van der Waals surface area contributed by atoms with Crippen LogP contribution in [0.15, 0.2) is 55.2 Å². The summed E-state index contributed by atoms with van der Waals surface area (Å²) in [5, 5.41) is 12.1. The van der Waals surface area contributed by atoms with E-state index in [0.29, 0.717) is 28.2 Å². The third kappa shape index (κ3) is 5.95. The van der Waals surface area contributed by atoms with Crippen LogP contribution in [0.4, 0.5) is 20.3 Å². The molecular formula is C23H22ClF2N5O3. The zero-order valence-corrected chi connectivity index (χ0v) is 18.8. The first-order valence-electron chi connectivity index (χ1n) is 10.6. The van der Waals surface area contributed by atoms with Crippen molar-refractivity contribution in [2.75, 3.05) is 29.9 Å². The maximum absolute atomic E-state index is 12.9. The zero-order valence-electron chi connectivity index (χ0n) is 18.0. The van der Waals surface area contributed by atoms with Crippen molar-refractivity contribution in [2.45, 2.75) is 18.4 Å². The van der Waals surface area contributed by atoms with Gasteiger partial charge in [0, 0.05) is 66.7 Å². The van der Waals surface area contributed by atoms with Gasteiger partial charge in [-0.1, -0.05) is 0 Å². The van der Waals surface area contributed by atoms with E-state index in [1.807, 2.05) is 0 Å². The molecule has 1 saturated heterocycles. The molecule has 0 radical (unpaired) electrons. The average molecular weight is 490 g/mol. The monoisotopic (exact) mass is 489 g/mol. The Morgan fingerprint density at radius 1 is 1.18 bits per heavy atom. The smallest absolute Gasteiger partial charge is 0.420 e. The molecule has 0 saturated carbocycles. The Balaban J connectivity index is 1.56. The second kappa shape index (κ2) is 10.3. The summed E-state index contributed by atoms with van der Waals surface area (Å²) >= 11 is 4.76. The maximum atomic E-state index is 12.9. The van der Waals surface area contributed by atoms with Crippen molar-refractivity contribution >= 4 is 29.0 Å². The molecule has 0 aliphatic carbocycles. The van der Waals surface area contributed by atoms with Gasteiger partial charge < -0.3 is 20.1 Å². The molecule has 2 N–H and O–H groups in total. The Morgan fingerprint density at radius 2 is 1.85 bits per heavy atom. The minimum Gasteiger partial charge on any atom is -0.420 e. The van der Waals surface area contributed by atoms with Gasteiger partial charge in [-0.3, -0.25) is 4.79 Å². The number of aliphatic hydroxyl groups excluding tert-OH is 1. The molecule has 1 aliphatic rings. The normalized spacial score (nSPS) is 14.6. The van der Waals surface area contributed by atoms with Gasteiger partial charge in [0.15, 0.2) is 0 Å². The number of carbonyl (C=O) groups excluding carboxylic acids is 1. The van der Waals surface area contributed by atoms with Gasteiger partial charge in [-0.05, 0) is 49.1 Å². The van der Waals surface area contributed by atoms with Gasteiger partial charge in [0.25, 0.3) is 5.91 Å². The van der Waals surface area contributed by atoms with Crippen LogP contribution in [-0.4, -0.2) is 51.2 Å². The Kier molecular flexibility index (Phi) is 7.18. The summed E-state index contributed by atoms with van der Waals surface area (Å²) in [4.78, 5) is 27.8. The topological polar surface area (TPSA) is 100 Å². The van der Waals surface area contributed by atoms with Crippen LogP contribution in [0, 0.1) is 5.92 Å². The molecule has 2 aromatic heterocycles. The van der Waals surface area contributed by atoms with Gasteiger partial charge in [-0.2, -0.15) is 0 Å². The highest BCUT2D eigenvalue weighted by Gasteiger charge is 2.27. The first-order chi connectivity index (χ1) is 16.3. The lowest BCUT2D eigenvalue weighted by atomic mass is 9.97. The number of alkyl halides is 3. The first kappa shape index (κ1) is 23.8. The number of aliphatic hydroxyl groups is 1. The number of anilines is 2. The SMILES string of the molecule is O=C(Nc1ccc(OC(F)(F)Cl)cc1)c1cnc(N2CCC(CO)CC2)c(-c2cncnc2)c1. The lowest BCUT2D eigenvalue weighted by Gasteiger charge is -2.33. The van der Waals surface area contributed by atoms with E-state index in [0.717, 1.165) is 25.9 Å². The Labute approximate surface area is 199 Å². The van der Waals surface area contributed by atoms with Crippen LogP contribution in [0.3, 0.4) is 0 Å². The zero-order chi connectivity index (χ0) is 24.1. The van der Waals surface area contributed by atoms with Gasteiger partial charge in [0.05, 0.1) is 5.56 Å². The Bertz CT molecular complexity index is 1120. The lowest BCUT2D eigenvalue weighted by Crippen LogP contribution is -2.35. The van der Waals surface area contributed by atoms with Gasteiger partial charge in [0.1, 0.15) is 17.9 Å². The predicted octanol–water partition coefficient (Wildman–Crippen LogP) is 4.17. The van der Waals surface area contributed by atoms with E-state index in [-0.39, 0.29) is 18.3 Å². The van der Waals surface area contributed by atoms with Crippen molar-refractivity contribution in [1.82, 2.24) is 15.0 Å². The number of nitrogens with one attached hydrogen (secondary N) is 1. The second-order valence-electron chi connectivity index (χ2n) is 7.86. The van der Waals surface area contributed by atoms with Crippen LogP contribution in [0.25, 0.3) is 11.1 Å². The summed E-state index contributed by atoms with van der Waals surface area (Å²) in [5.74, 6) is 0.427. The van der Waals surface area contributed by atoms with Crippen molar-refractivity contribution in [2.24, 2.45) is 5.92 Å². The van der Waals surface area contributed by atoms with Crippen LogP contribution in [0.2, 0.25) is 0 Å². The van der Waals surface area contributed by atoms with Gasteiger partial charge in [-0.25, -0.2) is 15.0 Å². The third-order valence-electron chi connectivity index (χ3n) is 5.52. The number of piperidine rings is 1. The molecule has 0 bridgehead atoms. The fraction of sp³-hybridized carbons (Fsp3) is 0.304. The van der Waals surface area contributed by atoms with Crippen molar-refractivity contribution in [3.05, 3.63) is 60.8 Å². The van der Waals surface area contributed by atoms with E-state index in [2.05, 4.69) is 29.9 Å². The number of hydrogen-bond donors (Lipinski definition) is 2. The number of ether oxygens (including phenoxy) is 1. The summed E-state index contributed by atoms with van der Waals surface area (Å²) in [5.41, 5.74) is -1.70. The number of rotatable bonds is 7. The van der Waals surface area contributed by atoms with Crippen LogP contribution in [0.5, 0.6) is 5.75 Å². The number of pyridine rings is 1. The second-order valence-corrected chi connectivity index (χ2v) is 8.30. The summed E-state index contributed by atoms with van der Waals surface area (Å²) < 4.78 is 29.8. The number of carbonyl (C=O) groups is 1. The van der Waals surface area contributed by atoms with Crippen LogP contribution in [-0.2, 0) is 0 Å². The van der Waals surface area contributed by atoms with E-state index in [9.17, 15) is 18.7 Å². The molecule has 8 nitrogen and oxygen atoms in total. The minimum absolute atomic E-state index is 0.139. The highest BCUT2D eigenvalue weighted by Crippen LogP contribution is 2.32. The van der Waals surface area contributed by atoms with Crippen molar-refractivity contribution in [1.29, 1.82) is 0 Å². The molecule has 1 fully saturated rings. The number of hydrogen-bond acceptors (Lipinski definition) is 7. The third-order valence-corrected chi connectivity index (χ3v) is 5.60. The molecule has 0 unspecified atom stereocenters. The van der Waals surface area contributed by atoms with Gasteiger partial charge >= 0.3 is 5.57 Å². The average Bonchev–Trinajstić information content (AvgIpc) is 2.84. The summed E-state index contributed by atoms with van der Waals surface area (Å²) in [6.45, 7) is 1.64. The molecule has 11 heteroatoms. The largest absolute Gasteiger partial charge is 0.487 e. The number of benzene rings is 1. The van der Waals surface area contributed by atoms with Crippen LogP contribution < -0.4 is 15.0 Å². The highest BCUT2D eigenvalue weighted by atomic mass is 35.5. The molecule has 3 heterocycles. The molecular weight excluding hydrogens is 468 g/mol. The quantitative estimate of drug-likeness (QED) is 0.480. The summed E-state index contributed by atoms with van der Waals surface area (Å²) in [6.07, 6.45) is 7.91. The van der Waals surface area contributed by atoms with Gasteiger partial charge in [-0.15, -0.1) is 8.78 Å². The Morgan fingerprint density at radius 3 is 2.47 bits per heavy atom. The number of amides is 1. The molecule has 0 spiro atoms. The van der Waals surface area contributed by atoms with Crippen molar-refractivity contribution in [3.63, 3.8) is 0 Å². The highest BCUT2D eigenvalue weighted by molar-refractivity contribution is 6.20. The molecule has 4 rings (SSSR count). The Hall–Kier alpha value is -3.37. The summed E-state index contributed by atoms with van der Waals surface area (Å²) in [6, 6.07) is 7.12. The predicted molar refractivity (Wildman–Crippen MR) is 123 cm³/mol. The van der Waals surface area contributed by atoms with Crippen molar-refractivity contribution < 1.29 is 23.4 Å². The fourth-order valence-electron chi connectivity index (χ4n) is 3.75. The van der Waals surface area contributed by atoms with Crippen molar-refractivity contribution in [3.8, 4) is 16.9 Å². The number of aromatic nitrogens is 3. The molecule has 3 aromatic rings. The molecule has 0 atom stereocenters. The number of halogens is 3. The molecule has 178 valence electrons. The van der Waals surface area contributed by atoms with Gasteiger partial charge in [0.2, 0.25) is 0 Å². The van der Waals surface area contributed by atoms with E-state index in [4.69, 9.17) is 11.6 Å². The first-order valence-corrected chi connectivity index (χ1v) is 11.0.